The van der Waals surface area contributed by atoms with Crippen molar-refractivity contribution in [3.05, 3.63) is 35.9 Å². The van der Waals surface area contributed by atoms with Gasteiger partial charge in [0.25, 0.3) is 0 Å². The van der Waals surface area contributed by atoms with E-state index in [4.69, 9.17) is 0 Å². The van der Waals surface area contributed by atoms with E-state index in [1.165, 1.54) is 0 Å². The van der Waals surface area contributed by atoms with Crippen molar-refractivity contribution in [2.24, 2.45) is 5.10 Å². The Morgan fingerprint density at radius 2 is 2.00 bits per heavy atom. The maximum absolute atomic E-state index is 3.95. The fourth-order valence-corrected chi connectivity index (χ4v) is 0.932. The summed E-state index contributed by atoms with van der Waals surface area (Å²) in [5, 5.41) is 3.95. The van der Waals surface area contributed by atoms with Gasteiger partial charge in [-0.15, -0.1) is 10.6 Å². The molecule has 0 saturated heterocycles. The molecule has 0 fully saturated rings. The number of hydrazine groups is 2. The first-order valence-electron chi connectivity index (χ1n) is 3.36. The summed E-state index contributed by atoms with van der Waals surface area (Å²) in [5.41, 5.74) is 9.19. The van der Waals surface area contributed by atoms with Crippen LogP contribution < -0.4 is 16.5 Å². The number of hydrogen-bond acceptors (Lipinski definition) is 4. The van der Waals surface area contributed by atoms with Gasteiger partial charge in [-0.2, -0.15) is 0 Å². The van der Waals surface area contributed by atoms with E-state index in [-0.39, 0.29) is 1.43 Å². The molecule has 4 nitrogen and oxygen atoms in total. The summed E-state index contributed by atoms with van der Waals surface area (Å²) in [5.74, 6) is 0.811. The van der Waals surface area contributed by atoms with Gasteiger partial charge in [-0.1, -0.05) is 30.3 Å². The monoisotopic (exact) mass is 150 g/mol. The predicted molar refractivity (Wildman–Crippen MR) is 44.5 cm³/mol. The van der Waals surface area contributed by atoms with Crippen molar-refractivity contribution in [2.75, 3.05) is 0 Å². The second-order valence-electron chi connectivity index (χ2n) is 2.19. The fraction of sp³-hybridized carbons (Fsp3) is 0. The lowest BCUT2D eigenvalue weighted by Crippen LogP contribution is -2.35. The first kappa shape index (κ1) is 6.18. The third kappa shape index (κ3) is 1.15. The highest BCUT2D eigenvalue weighted by Gasteiger charge is 2.04. The van der Waals surface area contributed by atoms with Gasteiger partial charge in [-0.3, -0.25) is 5.43 Å². The topological polar surface area (TPSA) is 48.5 Å². The molecule has 0 amide bonds. The van der Waals surface area contributed by atoms with Crippen LogP contribution in [0, 0.1) is 0 Å². The van der Waals surface area contributed by atoms with Gasteiger partial charge < -0.3 is 0 Å². The van der Waals surface area contributed by atoms with Gasteiger partial charge in [-0.05, 0) is 0 Å². The molecular weight excluding hydrogens is 140 g/mol. The van der Waals surface area contributed by atoms with Crippen LogP contribution in [-0.2, 0) is 0 Å². The number of amidine groups is 1. The Hall–Kier alpha value is -1.55. The Labute approximate surface area is 65.7 Å². The molecule has 0 radical (unpaired) electrons. The molecule has 0 unspecified atom stereocenters. The highest BCUT2D eigenvalue weighted by Crippen LogP contribution is 1.98. The highest BCUT2D eigenvalue weighted by atomic mass is 15.8. The van der Waals surface area contributed by atoms with Crippen LogP contribution in [0.25, 0.3) is 0 Å². The zero-order valence-corrected chi connectivity index (χ0v) is 5.83. The minimum atomic E-state index is 0. The third-order valence-corrected chi connectivity index (χ3v) is 1.45. The van der Waals surface area contributed by atoms with Crippen LogP contribution >= 0.6 is 0 Å². The van der Waals surface area contributed by atoms with Gasteiger partial charge in [0.1, 0.15) is 0 Å². The fourth-order valence-electron chi connectivity index (χ4n) is 0.932. The summed E-state index contributed by atoms with van der Waals surface area (Å²) in [6.45, 7) is 0. The van der Waals surface area contributed by atoms with Gasteiger partial charge in [0.2, 0.25) is 0 Å². The largest absolute Gasteiger partial charge is 0.285 e. The molecule has 0 saturated carbocycles. The Bertz CT molecular complexity index is 272. The SMILES string of the molecule is [HH].c1ccc(C2=NNNN2)cc1. The van der Waals surface area contributed by atoms with Crippen LogP contribution in [0.3, 0.4) is 0 Å². The number of benzene rings is 1. The molecular formula is C7H10N4. The third-order valence-electron chi connectivity index (χ3n) is 1.45. The van der Waals surface area contributed by atoms with Crippen molar-refractivity contribution < 1.29 is 1.43 Å². The van der Waals surface area contributed by atoms with E-state index < -0.39 is 0 Å². The van der Waals surface area contributed by atoms with Crippen LogP contribution in [0.15, 0.2) is 35.4 Å². The molecule has 1 heterocycles. The van der Waals surface area contributed by atoms with E-state index in [0.29, 0.717) is 0 Å². The van der Waals surface area contributed by atoms with Gasteiger partial charge in [0, 0.05) is 6.99 Å². The molecule has 0 aromatic heterocycles. The van der Waals surface area contributed by atoms with Crippen LogP contribution in [0.5, 0.6) is 0 Å². The molecule has 0 aliphatic carbocycles. The average molecular weight is 150 g/mol. The molecule has 1 aliphatic rings. The Balaban J connectivity index is 0.000000720. The number of hydrazone groups is 1. The van der Waals surface area contributed by atoms with Crippen LogP contribution in [-0.4, -0.2) is 5.84 Å². The maximum atomic E-state index is 3.95. The van der Waals surface area contributed by atoms with Gasteiger partial charge in [0.15, 0.2) is 5.84 Å². The van der Waals surface area contributed by atoms with Crippen molar-refractivity contribution in [3.8, 4) is 0 Å². The molecule has 1 aromatic carbocycles. The predicted octanol–water partition coefficient (Wildman–Crippen LogP) is 0.207. The lowest BCUT2D eigenvalue weighted by Gasteiger charge is -1.97. The lowest BCUT2D eigenvalue weighted by atomic mass is 10.2. The van der Waals surface area contributed by atoms with Crippen LogP contribution in [0.1, 0.15) is 6.99 Å². The minimum Gasteiger partial charge on any atom is -0.285 e. The Morgan fingerprint density at radius 1 is 1.18 bits per heavy atom. The van der Waals surface area contributed by atoms with E-state index in [1.54, 1.807) is 0 Å². The Kier molecular flexibility index (Phi) is 1.46. The summed E-state index contributed by atoms with van der Waals surface area (Å²) in [6, 6.07) is 9.89. The molecule has 58 valence electrons. The van der Waals surface area contributed by atoms with Crippen molar-refractivity contribution in [2.45, 2.75) is 0 Å². The summed E-state index contributed by atoms with van der Waals surface area (Å²) in [7, 11) is 0. The van der Waals surface area contributed by atoms with Crippen LogP contribution in [0.2, 0.25) is 0 Å². The van der Waals surface area contributed by atoms with E-state index in [1.807, 2.05) is 30.3 Å². The molecule has 1 aliphatic heterocycles. The number of nitrogens with zero attached hydrogens (tertiary/aromatic N) is 1. The molecule has 11 heavy (non-hydrogen) atoms. The molecule has 0 spiro atoms. The standard InChI is InChI=1S/C7H8N4.H2/c1-2-4-6(5-3-1)7-8-10-11-9-7;/h1-5,10-11H,(H,8,9);1H. The number of rotatable bonds is 1. The second-order valence-corrected chi connectivity index (χ2v) is 2.19. The van der Waals surface area contributed by atoms with Crippen molar-refractivity contribution >= 4 is 5.84 Å². The normalized spacial score (nSPS) is 15.1. The molecule has 2 rings (SSSR count). The smallest absolute Gasteiger partial charge is 0.170 e. The van der Waals surface area contributed by atoms with E-state index in [2.05, 4.69) is 21.6 Å². The summed E-state index contributed by atoms with van der Waals surface area (Å²) >= 11 is 0. The van der Waals surface area contributed by atoms with Gasteiger partial charge in [-0.25, -0.2) is 5.53 Å². The van der Waals surface area contributed by atoms with E-state index in [9.17, 15) is 0 Å². The van der Waals surface area contributed by atoms with Gasteiger partial charge in [0.05, 0.1) is 0 Å². The zero-order valence-electron chi connectivity index (χ0n) is 5.83. The zero-order chi connectivity index (χ0) is 7.52. The summed E-state index contributed by atoms with van der Waals surface area (Å²) < 4.78 is 0. The molecule has 1 aromatic rings. The minimum absolute atomic E-state index is 0. The number of nitrogens with one attached hydrogen (secondary N) is 3. The maximum Gasteiger partial charge on any atom is 0.170 e. The first-order valence-corrected chi connectivity index (χ1v) is 3.36. The average Bonchev–Trinajstić information content (AvgIpc) is 2.58. The van der Waals surface area contributed by atoms with Crippen molar-refractivity contribution in [3.63, 3.8) is 0 Å². The molecule has 4 heteroatoms. The van der Waals surface area contributed by atoms with Crippen molar-refractivity contribution in [1.29, 1.82) is 0 Å². The van der Waals surface area contributed by atoms with E-state index in [0.717, 1.165) is 11.4 Å². The molecule has 0 atom stereocenters. The van der Waals surface area contributed by atoms with Gasteiger partial charge >= 0.3 is 0 Å². The lowest BCUT2D eigenvalue weighted by molar-refractivity contribution is 0.577. The molecule has 3 N–H and O–H groups in total. The summed E-state index contributed by atoms with van der Waals surface area (Å²) in [6.07, 6.45) is 0. The second kappa shape index (κ2) is 2.59. The van der Waals surface area contributed by atoms with Crippen molar-refractivity contribution in [1.82, 2.24) is 16.5 Å². The highest BCUT2D eigenvalue weighted by molar-refractivity contribution is 5.98. The molecule has 0 bridgehead atoms. The van der Waals surface area contributed by atoms with Crippen LogP contribution in [0.4, 0.5) is 0 Å². The summed E-state index contributed by atoms with van der Waals surface area (Å²) in [4.78, 5) is 0. The number of hydrogen-bond donors (Lipinski definition) is 3. The Morgan fingerprint density at radius 3 is 2.64 bits per heavy atom. The first-order chi connectivity index (χ1) is 5.47. The quantitative estimate of drug-likeness (QED) is 0.536. The van der Waals surface area contributed by atoms with E-state index >= 15 is 0 Å².